The minimum absolute atomic E-state index is 0.213. The van der Waals surface area contributed by atoms with Crippen LogP contribution in [0, 0.1) is 0 Å². The van der Waals surface area contributed by atoms with Crippen molar-refractivity contribution in [1.29, 1.82) is 0 Å². The Labute approximate surface area is 198 Å². The Morgan fingerprint density at radius 1 is 1.09 bits per heavy atom. The molecule has 4 aromatic rings. The molecule has 0 saturated carbocycles. The first kappa shape index (κ1) is 22.2. The highest BCUT2D eigenvalue weighted by atomic mass is 32.2. The molecular weight excluding hydrogens is 482 g/mol. The van der Waals surface area contributed by atoms with Crippen LogP contribution in [0.3, 0.4) is 0 Å². The molecule has 33 heavy (non-hydrogen) atoms. The Bertz CT molecular complexity index is 1420. The van der Waals surface area contributed by atoms with Crippen LogP contribution in [0.25, 0.3) is 14.8 Å². The SMILES string of the molecule is COc1ccc(S(=O)(=O)N2CCN(Cc3cc(=O)n4nc(-c5cccs5)sc4n3)CC2)cc1. The Kier molecular flexibility index (Phi) is 6.01. The molecule has 4 heterocycles. The van der Waals surface area contributed by atoms with E-state index in [9.17, 15) is 13.2 Å². The molecule has 1 aliphatic rings. The molecule has 0 atom stereocenters. The zero-order chi connectivity index (χ0) is 23.0. The number of nitrogens with zero attached hydrogens (tertiary/aromatic N) is 5. The molecule has 0 radical (unpaired) electrons. The van der Waals surface area contributed by atoms with Gasteiger partial charge in [0.15, 0.2) is 5.01 Å². The van der Waals surface area contributed by atoms with Crippen molar-refractivity contribution >= 4 is 37.7 Å². The molecule has 0 aliphatic carbocycles. The van der Waals surface area contributed by atoms with Crippen molar-refractivity contribution in [2.24, 2.45) is 0 Å². The van der Waals surface area contributed by atoms with E-state index in [2.05, 4.69) is 15.0 Å². The molecular formula is C21H21N5O4S3. The van der Waals surface area contributed by atoms with Gasteiger partial charge in [0.2, 0.25) is 15.0 Å². The number of hydrogen-bond donors (Lipinski definition) is 0. The molecule has 172 valence electrons. The fraction of sp³-hybridized carbons (Fsp3) is 0.286. The third-order valence-corrected chi connectivity index (χ3v) is 9.30. The molecule has 12 heteroatoms. The van der Waals surface area contributed by atoms with E-state index in [4.69, 9.17) is 4.74 Å². The number of piperazine rings is 1. The zero-order valence-electron chi connectivity index (χ0n) is 17.7. The Hall–Kier alpha value is -2.64. The summed E-state index contributed by atoms with van der Waals surface area (Å²) in [5.74, 6) is 0.614. The van der Waals surface area contributed by atoms with Crippen LogP contribution in [0.4, 0.5) is 0 Å². The summed E-state index contributed by atoms with van der Waals surface area (Å²) in [7, 11) is -2.02. The highest BCUT2D eigenvalue weighted by molar-refractivity contribution is 7.89. The van der Waals surface area contributed by atoms with E-state index in [1.807, 2.05) is 17.5 Å². The summed E-state index contributed by atoms with van der Waals surface area (Å²) in [6.07, 6.45) is 0. The number of methoxy groups -OCH3 is 1. The van der Waals surface area contributed by atoms with E-state index in [0.29, 0.717) is 49.1 Å². The van der Waals surface area contributed by atoms with Gasteiger partial charge in [0.25, 0.3) is 5.56 Å². The first-order valence-corrected chi connectivity index (χ1v) is 13.4. The number of ether oxygens (including phenoxy) is 1. The van der Waals surface area contributed by atoms with Crippen molar-refractivity contribution in [1.82, 2.24) is 23.8 Å². The lowest BCUT2D eigenvalue weighted by Gasteiger charge is -2.33. The van der Waals surface area contributed by atoms with E-state index in [0.717, 1.165) is 9.88 Å². The number of fused-ring (bicyclic) bond motifs is 1. The van der Waals surface area contributed by atoms with Gasteiger partial charge in [-0.25, -0.2) is 13.4 Å². The van der Waals surface area contributed by atoms with Gasteiger partial charge in [-0.15, -0.1) is 11.3 Å². The predicted molar refractivity (Wildman–Crippen MR) is 127 cm³/mol. The standard InChI is InChI=1S/C21H21N5O4S3/c1-30-16-4-6-17(7-5-16)33(28,29)25-10-8-24(9-11-25)14-15-13-19(27)26-21(22-15)32-20(23-26)18-3-2-12-31-18/h2-7,12-13H,8-11,14H2,1H3. The van der Waals surface area contributed by atoms with Crippen LogP contribution >= 0.6 is 22.7 Å². The van der Waals surface area contributed by atoms with Crippen LogP contribution in [0.1, 0.15) is 5.69 Å². The van der Waals surface area contributed by atoms with Crippen molar-refractivity contribution in [2.75, 3.05) is 33.3 Å². The molecule has 0 unspecified atom stereocenters. The largest absolute Gasteiger partial charge is 0.497 e. The number of thiophene rings is 1. The smallest absolute Gasteiger partial charge is 0.275 e. The van der Waals surface area contributed by atoms with Gasteiger partial charge >= 0.3 is 0 Å². The fourth-order valence-electron chi connectivity index (χ4n) is 3.69. The van der Waals surface area contributed by atoms with Gasteiger partial charge in [0.05, 0.1) is 22.6 Å². The summed E-state index contributed by atoms with van der Waals surface area (Å²) in [4.78, 5) is 21.1. The summed E-state index contributed by atoms with van der Waals surface area (Å²) in [6.45, 7) is 2.34. The average molecular weight is 504 g/mol. The van der Waals surface area contributed by atoms with E-state index < -0.39 is 10.0 Å². The van der Waals surface area contributed by atoms with Crippen LogP contribution < -0.4 is 10.3 Å². The van der Waals surface area contributed by atoms with E-state index in [-0.39, 0.29) is 10.5 Å². The molecule has 0 bridgehead atoms. The molecule has 0 spiro atoms. The minimum Gasteiger partial charge on any atom is -0.497 e. The van der Waals surface area contributed by atoms with E-state index >= 15 is 0 Å². The molecule has 3 aromatic heterocycles. The lowest BCUT2D eigenvalue weighted by Crippen LogP contribution is -2.48. The van der Waals surface area contributed by atoms with Gasteiger partial charge in [0, 0.05) is 38.8 Å². The lowest BCUT2D eigenvalue weighted by molar-refractivity contribution is 0.180. The molecule has 9 nitrogen and oxygen atoms in total. The summed E-state index contributed by atoms with van der Waals surface area (Å²) >= 11 is 2.95. The Morgan fingerprint density at radius 3 is 2.52 bits per heavy atom. The molecule has 1 fully saturated rings. The van der Waals surface area contributed by atoms with Crippen LogP contribution in [0.15, 0.2) is 57.5 Å². The van der Waals surface area contributed by atoms with E-state index in [1.54, 1.807) is 42.7 Å². The van der Waals surface area contributed by atoms with E-state index in [1.165, 1.54) is 26.2 Å². The summed E-state index contributed by atoms with van der Waals surface area (Å²) in [6, 6.07) is 11.8. The second kappa shape index (κ2) is 8.95. The lowest BCUT2D eigenvalue weighted by atomic mass is 10.3. The highest BCUT2D eigenvalue weighted by Crippen LogP contribution is 2.28. The average Bonchev–Trinajstić information content (AvgIpc) is 3.50. The maximum Gasteiger partial charge on any atom is 0.275 e. The number of aromatic nitrogens is 3. The second-order valence-corrected chi connectivity index (χ2v) is 11.4. The van der Waals surface area contributed by atoms with Crippen LogP contribution in [-0.2, 0) is 16.6 Å². The monoisotopic (exact) mass is 503 g/mol. The van der Waals surface area contributed by atoms with Crippen molar-refractivity contribution in [3.63, 3.8) is 0 Å². The first-order valence-electron chi connectivity index (χ1n) is 10.2. The third kappa shape index (κ3) is 4.44. The maximum absolute atomic E-state index is 12.9. The van der Waals surface area contributed by atoms with Gasteiger partial charge in [-0.05, 0) is 35.7 Å². The zero-order valence-corrected chi connectivity index (χ0v) is 20.2. The predicted octanol–water partition coefficient (Wildman–Crippen LogP) is 2.39. The van der Waals surface area contributed by atoms with Gasteiger partial charge < -0.3 is 4.74 Å². The second-order valence-electron chi connectivity index (χ2n) is 7.52. The number of sulfonamides is 1. The van der Waals surface area contributed by atoms with Crippen LogP contribution in [0.2, 0.25) is 0 Å². The highest BCUT2D eigenvalue weighted by Gasteiger charge is 2.28. The van der Waals surface area contributed by atoms with Crippen LogP contribution in [-0.4, -0.2) is 65.5 Å². The van der Waals surface area contributed by atoms with Gasteiger partial charge in [0.1, 0.15) is 5.75 Å². The maximum atomic E-state index is 12.9. The quantitative estimate of drug-likeness (QED) is 0.399. The van der Waals surface area contributed by atoms with Crippen molar-refractivity contribution in [3.05, 3.63) is 63.9 Å². The Morgan fingerprint density at radius 2 is 1.85 bits per heavy atom. The summed E-state index contributed by atoms with van der Waals surface area (Å²) in [5, 5.41) is 7.13. The van der Waals surface area contributed by atoms with Gasteiger partial charge in [-0.2, -0.15) is 13.9 Å². The number of hydrogen-bond acceptors (Lipinski definition) is 9. The summed E-state index contributed by atoms with van der Waals surface area (Å²) < 4.78 is 33.8. The third-order valence-electron chi connectivity index (χ3n) is 5.44. The first-order chi connectivity index (χ1) is 15.9. The van der Waals surface area contributed by atoms with Gasteiger partial charge in [-0.1, -0.05) is 17.4 Å². The van der Waals surface area contributed by atoms with Crippen molar-refractivity contribution in [2.45, 2.75) is 11.4 Å². The normalized spacial score (nSPS) is 15.8. The molecule has 0 N–H and O–H groups in total. The minimum atomic E-state index is -3.56. The fourth-order valence-corrected chi connectivity index (χ4v) is 6.83. The molecule has 0 amide bonds. The van der Waals surface area contributed by atoms with Crippen molar-refractivity contribution < 1.29 is 13.2 Å². The molecule has 1 aliphatic heterocycles. The number of rotatable bonds is 6. The Balaban J connectivity index is 1.27. The molecule has 1 aromatic carbocycles. The summed E-state index contributed by atoms with van der Waals surface area (Å²) in [5.41, 5.74) is 0.447. The topological polar surface area (TPSA) is 97.1 Å². The number of benzene rings is 1. The van der Waals surface area contributed by atoms with Crippen LogP contribution in [0.5, 0.6) is 5.75 Å². The van der Waals surface area contributed by atoms with Gasteiger partial charge in [-0.3, -0.25) is 9.69 Å². The molecule has 1 saturated heterocycles. The molecule has 5 rings (SSSR count). The van der Waals surface area contributed by atoms with Crippen molar-refractivity contribution in [3.8, 4) is 15.6 Å².